The zero-order valence-corrected chi connectivity index (χ0v) is 9.05. The van der Waals surface area contributed by atoms with Crippen molar-refractivity contribution < 1.29 is 19.1 Å². The quantitative estimate of drug-likeness (QED) is 0.503. The lowest BCUT2D eigenvalue weighted by Crippen LogP contribution is -2.31. The van der Waals surface area contributed by atoms with Gasteiger partial charge in [0.1, 0.15) is 0 Å². The van der Waals surface area contributed by atoms with Gasteiger partial charge in [0.2, 0.25) is 0 Å². The predicted octanol–water partition coefficient (Wildman–Crippen LogP) is 0.455. The van der Waals surface area contributed by atoms with Crippen molar-refractivity contribution in [2.75, 3.05) is 19.8 Å². The number of hydrogen-bond donors (Lipinski definition) is 0. The van der Waals surface area contributed by atoms with Crippen molar-refractivity contribution in [2.45, 2.75) is 25.6 Å². The fraction of sp³-hybridized carbons (Fsp3) is 0.636. The van der Waals surface area contributed by atoms with Crippen LogP contribution in [0.3, 0.4) is 0 Å². The van der Waals surface area contributed by atoms with E-state index in [9.17, 15) is 9.59 Å². The molecule has 0 bridgehead atoms. The van der Waals surface area contributed by atoms with Gasteiger partial charge >= 0.3 is 0 Å². The number of amides is 2. The van der Waals surface area contributed by atoms with E-state index in [1.807, 2.05) is 0 Å². The van der Waals surface area contributed by atoms with Crippen LogP contribution in [0.25, 0.3) is 0 Å². The maximum atomic E-state index is 11.2. The van der Waals surface area contributed by atoms with Gasteiger partial charge in [-0.25, -0.2) is 0 Å². The summed E-state index contributed by atoms with van der Waals surface area (Å²) in [6.45, 7) is 1.69. The van der Waals surface area contributed by atoms with Crippen LogP contribution in [-0.2, 0) is 19.1 Å². The minimum Gasteiger partial charge on any atom is -0.353 e. The van der Waals surface area contributed by atoms with E-state index in [0.717, 1.165) is 19.4 Å². The molecule has 0 aromatic carbocycles. The Labute approximate surface area is 94.0 Å². The predicted molar refractivity (Wildman–Crippen MR) is 55.4 cm³/mol. The Bertz CT molecular complexity index is 289. The van der Waals surface area contributed by atoms with Gasteiger partial charge in [-0.1, -0.05) is 0 Å². The molecular weight excluding hydrogens is 210 g/mol. The van der Waals surface area contributed by atoms with Crippen molar-refractivity contribution in [3.05, 3.63) is 12.2 Å². The highest BCUT2D eigenvalue weighted by molar-refractivity contribution is 6.12. The lowest BCUT2D eigenvalue weighted by Gasteiger charge is -2.15. The third-order valence-corrected chi connectivity index (χ3v) is 2.62. The summed E-state index contributed by atoms with van der Waals surface area (Å²) in [7, 11) is 0. The molecule has 1 atom stereocenters. The fourth-order valence-corrected chi connectivity index (χ4v) is 1.77. The normalized spacial score (nSPS) is 24.8. The second-order valence-corrected chi connectivity index (χ2v) is 3.83. The number of rotatable bonds is 5. The number of ether oxygens (including phenoxy) is 2. The van der Waals surface area contributed by atoms with Crippen molar-refractivity contribution in [1.29, 1.82) is 0 Å². The first kappa shape index (κ1) is 11.3. The van der Waals surface area contributed by atoms with E-state index >= 15 is 0 Å². The van der Waals surface area contributed by atoms with Crippen LogP contribution in [0.15, 0.2) is 12.2 Å². The number of nitrogens with zero attached hydrogens (tertiary/aromatic N) is 1. The second-order valence-electron chi connectivity index (χ2n) is 3.83. The summed E-state index contributed by atoms with van der Waals surface area (Å²) < 4.78 is 10.7. The number of hydrogen-bond acceptors (Lipinski definition) is 4. The lowest BCUT2D eigenvalue weighted by atomic mass is 10.3. The molecule has 0 radical (unpaired) electrons. The van der Waals surface area contributed by atoms with Gasteiger partial charge in [0.25, 0.3) is 11.8 Å². The van der Waals surface area contributed by atoms with Gasteiger partial charge in [-0.05, 0) is 12.8 Å². The topological polar surface area (TPSA) is 55.8 Å². The monoisotopic (exact) mass is 225 g/mol. The van der Waals surface area contributed by atoms with Crippen LogP contribution in [0.4, 0.5) is 0 Å². The van der Waals surface area contributed by atoms with Crippen LogP contribution in [-0.4, -0.2) is 42.8 Å². The molecule has 0 spiro atoms. The van der Waals surface area contributed by atoms with E-state index in [2.05, 4.69) is 0 Å². The van der Waals surface area contributed by atoms with Crippen molar-refractivity contribution >= 4 is 11.8 Å². The minimum atomic E-state index is -0.234. The first-order valence-corrected chi connectivity index (χ1v) is 5.54. The Kier molecular flexibility index (Phi) is 3.69. The molecule has 1 saturated heterocycles. The summed E-state index contributed by atoms with van der Waals surface area (Å²) in [5, 5.41) is 0. The lowest BCUT2D eigenvalue weighted by molar-refractivity contribution is -0.137. The molecule has 1 fully saturated rings. The fourth-order valence-electron chi connectivity index (χ4n) is 1.77. The third-order valence-electron chi connectivity index (χ3n) is 2.62. The van der Waals surface area contributed by atoms with Gasteiger partial charge in [-0.2, -0.15) is 0 Å². The maximum Gasteiger partial charge on any atom is 0.253 e. The smallest absolute Gasteiger partial charge is 0.253 e. The molecule has 5 heteroatoms. The Morgan fingerprint density at radius 1 is 1.38 bits per heavy atom. The molecule has 0 aromatic heterocycles. The van der Waals surface area contributed by atoms with Crippen molar-refractivity contribution in [2.24, 2.45) is 0 Å². The molecule has 88 valence electrons. The largest absolute Gasteiger partial charge is 0.353 e. The zero-order valence-electron chi connectivity index (χ0n) is 9.05. The summed E-state index contributed by atoms with van der Waals surface area (Å²) in [4.78, 5) is 23.6. The van der Waals surface area contributed by atoms with E-state index in [-0.39, 0.29) is 18.1 Å². The third kappa shape index (κ3) is 2.68. The SMILES string of the molecule is O=C1C=CC(=O)N1CCCOC1CCCO1. The first-order valence-electron chi connectivity index (χ1n) is 5.54. The summed E-state index contributed by atoms with van der Waals surface area (Å²) in [6.07, 6.45) is 5.12. The molecule has 1 unspecified atom stereocenters. The number of carbonyl (C=O) groups is 2. The molecule has 2 rings (SSSR count). The van der Waals surface area contributed by atoms with Gasteiger partial charge < -0.3 is 9.47 Å². The Morgan fingerprint density at radius 3 is 2.75 bits per heavy atom. The van der Waals surface area contributed by atoms with Crippen LogP contribution in [0, 0.1) is 0 Å². The van der Waals surface area contributed by atoms with Crippen LogP contribution >= 0.6 is 0 Å². The molecule has 2 heterocycles. The Balaban J connectivity index is 1.61. The molecule has 5 nitrogen and oxygen atoms in total. The van der Waals surface area contributed by atoms with Crippen LogP contribution in [0.1, 0.15) is 19.3 Å². The van der Waals surface area contributed by atoms with E-state index in [0.29, 0.717) is 19.6 Å². The average molecular weight is 225 g/mol. The number of imide groups is 1. The van der Waals surface area contributed by atoms with E-state index in [4.69, 9.17) is 9.47 Å². The highest BCUT2D eigenvalue weighted by atomic mass is 16.7. The van der Waals surface area contributed by atoms with Crippen molar-refractivity contribution in [1.82, 2.24) is 4.90 Å². The van der Waals surface area contributed by atoms with Gasteiger partial charge in [0, 0.05) is 31.7 Å². The Morgan fingerprint density at radius 2 is 2.12 bits per heavy atom. The van der Waals surface area contributed by atoms with E-state index < -0.39 is 0 Å². The van der Waals surface area contributed by atoms with E-state index in [1.54, 1.807) is 0 Å². The maximum absolute atomic E-state index is 11.2. The van der Waals surface area contributed by atoms with Crippen LogP contribution < -0.4 is 0 Å². The zero-order chi connectivity index (χ0) is 11.4. The first-order chi connectivity index (χ1) is 7.77. The highest BCUT2D eigenvalue weighted by Crippen LogP contribution is 2.13. The average Bonchev–Trinajstić information content (AvgIpc) is 2.87. The minimum absolute atomic E-state index is 0.0943. The van der Waals surface area contributed by atoms with Gasteiger partial charge in [-0.15, -0.1) is 0 Å². The van der Waals surface area contributed by atoms with Gasteiger partial charge in [0.05, 0.1) is 6.61 Å². The molecule has 0 aliphatic carbocycles. The summed E-state index contributed by atoms with van der Waals surface area (Å²) >= 11 is 0. The summed E-state index contributed by atoms with van der Waals surface area (Å²) in [5.41, 5.74) is 0. The standard InChI is InChI=1S/C11H15NO4/c13-9-4-5-10(14)12(9)6-2-8-16-11-3-1-7-15-11/h4-5,11H,1-3,6-8H2. The molecule has 2 amide bonds. The molecule has 2 aliphatic heterocycles. The van der Waals surface area contributed by atoms with E-state index in [1.165, 1.54) is 17.1 Å². The molecular formula is C11H15NO4. The molecule has 0 N–H and O–H groups in total. The summed E-state index contributed by atoms with van der Waals surface area (Å²) in [5.74, 6) is -0.468. The molecule has 16 heavy (non-hydrogen) atoms. The molecule has 0 aromatic rings. The Hall–Kier alpha value is -1.20. The molecule has 2 aliphatic rings. The highest BCUT2D eigenvalue weighted by Gasteiger charge is 2.22. The van der Waals surface area contributed by atoms with Crippen LogP contribution in [0.2, 0.25) is 0 Å². The van der Waals surface area contributed by atoms with Crippen molar-refractivity contribution in [3.63, 3.8) is 0 Å². The molecule has 0 saturated carbocycles. The van der Waals surface area contributed by atoms with Crippen molar-refractivity contribution in [3.8, 4) is 0 Å². The number of carbonyl (C=O) groups excluding carboxylic acids is 2. The van der Waals surface area contributed by atoms with Crippen LogP contribution in [0.5, 0.6) is 0 Å². The second kappa shape index (κ2) is 5.23. The van der Waals surface area contributed by atoms with Gasteiger partial charge in [0.15, 0.2) is 6.29 Å². The summed E-state index contributed by atoms with van der Waals surface area (Å²) in [6, 6.07) is 0. The van der Waals surface area contributed by atoms with Gasteiger partial charge in [-0.3, -0.25) is 14.5 Å².